The van der Waals surface area contributed by atoms with Gasteiger partial charge in [-0.2, -0.15) is 0 Å². The number of fused-ring (bicyclic) bond motifs is 1. The zero-order valence-corrected chi connectivity index (χ0v) is 16.9. The van der Waals surface area contributed by atoms with E-state index in [0.29, 0.717) is 5.92 Å². The van der Waals surface area contributed by atoms with E-state index in [-0.39, 0.29) is 36.2 Å². The van der Waals surface area contributed by atoms with Gasteiger partial charge in [-0.15, -0.1) is 12.4 Å². The summed E-state index contributed by atoms with van der Waals surface area (Å²) < 4.78 is 0. The summed E-state index contributed by atoms with van der Waals surface area (Å²) in [5.74, 6) is 0.955. The van der Waals surface area contributed by atoms with E-state index in [0.717, 1.165) is 58.2 Å². The van der Waals surface area contributed by atoms with Crippen molar-refractivity contribution in [2.45, 2.75) is 58.0 Å². The number of hydrogen-bond donors (Lipinski definition) is 3. The summed E-state index contributed by atoms with van der Waals surface area (Å²) in [6.45, 7) is 4.32. The standard InChI is InChI=1S/C21H31N3O2.ClH/c1-2-11-22-20(25)16-9-7-15(8-10-16)13-24-21(26)19-12-17-5-3-4-6-18(17)14-23-19;/h3-6,15-16,19,23H,2,7-14H2,1H3,(H,22,25)(H,24,26);1H/t15?,16?,19-;/m0./s1. The van der Waals surface area contributed by atoms with Gasteiger partial charge in [0.05, 0.1) is 6.04 Å². The molecule has 1 heterocycles. The van der Waals surface area contributed by atoms with E-state index in [1.165, 1.54) is 11.1 Å². The summed E-state index contributed by atoms with van der Waals surface area (Å²) in [6, 6.07) is 8.17. The van der Waals surface area contributed by atoms with Crippen LogP contribution in [0.25, 0.3) is 0 Å². The van der Waals surface area contributed by atoms with Crippen LogP contribution in [0.1, 0.15) is 50.2 Å². The molecule has 1 aromatic carbocycles. The van der Waals surface area contributed by atoms with Gasteiger partial charge in [-0.3, -0.25) is 9.59 Å². The van der Waals surface area contributed by atoms with Crippen molar-refractivity contribution in [2.75, 3.05) is 13.1 Å². The third-order valence-electron chi connectivity index (χ3n) is 5.73. The molecule has 150 valence electrons. The zero-order valence-electron chi connectivity index (χ0n) is 16.1. The first-order valence-electron chi connectivity index (χ1n) is 10.0. The number of halogens is 1. The Balaban J connectivity index is 0.00000261. The SMILES string of the molecule is CCCNC(=O)C1CCC(CNC(=O)[C@@H]2Cc3ccccc3CN2)CC1.Cl. The Kier molecular flexibility index (Phi) is 8.58. The van der Waals surface area contributed by atoms with E-state index in [9.17, 15) is 9.59 Å². The normalized spacial score (nSPS) is 24.3. The van der Waals surface area contributed by atoms with Crippen molar-refractivity contribution in [3.8, 4) is 0 Å². The van der Waals surface area contributed by atoms with Crippen molar-refractivity contribution >= 4 is 24.2 Å². The van der Waals surface area contributed by atoms with E-state index < -0.39 is 0 Å². The van der Waals surface area contributed by atoms with Gasteiger partial charge in [0.1, 0.15) is 0 Å². The second-order valence-electron chi connectivity index (χ2n) is 7.66. The van der Waals surface area contributed by atoms with Gasteiger partial charge < -0.3 is 16.0 Å². The summed E-state index contributed by atoms with van der Waals surface area (Å²) in [5, 5.41) is 9.47. The zero-order chi connectivity index (χ0) is 18.4. The van der Waals surface area contributed by atoms with Crippen LogP contribution in [0.5, 0.6) is 0 Å². The van der Waals surface area contributed by atoms with E-state index in [1.807, 2.05) is 12.1 Å². The van der Waals surface area contributed by atoms with Gasteiger partial charge >= 0.3 is 0 Å². The molecule has 2 amide bonds. The number of amides is 2. The monoisotopic (exact) mass is 393 g/mol. The minimum atomic E-state index is -0.138. The largest absolute Gasteiger partial charge is 0.356 e. The second kappa shape index (κ2) is 10.7. The fourth-order valence-corrected chi connectivity index (χ4v) is 4.03. The van der Waals surface area contributed by atoms with Crippen molar-refractivity contribution < 1.29 is 9.59 Å². The molecule has 1 aromatic rings. The lowest BCUT2D eigenvalue weighted by molar-refractivity contribution is -0.127. The Morgan fingerprint density at radius 2 is 1.74 bits per heavy atom. The van der Waals surface area contributed by atoms with Crippen LogP contribution in [0.2, 0.25) is 0 Å². The number of benzene rings is 1. The Morgan fingerprint density at radius 1 is 1.04 bits per heavy atom. The van der Waals surface area contributed by atoms with Gasteiger partial charge in [0.25, 0.3) is 0 Å². The minimum absolute atomic E-state index is 0. The predicted octanol–water partition coefficient (Wildman–Crippen LogP) is 2.57. The molecule has 1 fully saturated rings. The summed E-state index contributed by atoms with van der Waals surface area (Å²) in [5.41, 5.74) is 2.56. The molecule has 0 aromatic heterocycles. The molecule has 0 spiro atoms. The van der Waals surface area contributed by atoms with Crippen molar-refractivity contribution in [3.05, 3.63) is 35.4 Å². The molecule has 2 aliphatic rings. The lowest BCUT2D eigenvalue weighted by Gasteiger charge is -2.29. The van der Waals surface area contributed by atoms with Crippen molar-refractivity contribution in [2.24, 2.45) is 11.8 Å². The molecule has 1 saturated carbocycles. The van der Waals surface area contributed by atoms with Crippen molar-refractivity contribution in [1.82, 2.24) is 16.0 Å². The van der Waals surface area contributed by atoms with E-state index in [1.54, 1.807) is 0 Å². The van der Waals surface area contributed by atoms with Crippen LogP contribution in [0, 0.1) is 11.8 Å². The minimum Gasteiger partial charge on any atom is -0.356 e. The number of rotatable bonds is 6. The highest BCUT2D eigenvalue weighted by molar-refractivity contribution is 5.85. The van der Waals surface area contributed by atoms with Crippen molar-refractivity contribution in [1.29, 1.82) is 0 Å². The van der Waals surface area contributed by atoms with Crippen LogP contribution in [-0.4, -0.2) is 30.9 Å². The molecular weight excluding hydrogens is 362 g/mol. The average Bonchev–Trinajstić information content (AvgIpc) is 2.70. The highest BCUT2D eigenvalue weighted by Crippen LogP contribution is 2.28. The number of carbonyl (C=O) groups is 2. The lowest BCUT2D eigenvalue weighted by atomic mass is 9.81. The highest BCUT2D eigenvalue weighted by Gasteiger charge is 2.28. The van der Waals surface area contributed by atoms with Crippen LogP contribution in [-0.2, 0) is 22.6 Å². The van der Waals surface area contributed by atoms with Crippen LogP contribution in [0.4, 0.5) is 0 Å². The van der Waals surface area contributed by atoms with Crippen LogP contribution in [0.15, 0.2) is 24.3 Å². The fourth-order valence-electron chi connectivity index (χ4n) is 4.03. The molecule has 27 heavy (non-hydrogen) atoms. The first-order chi connectivity index (χ1) is 12.7. The molecule has 1 aliphatic carbocycles. The molecule has 0 saturated heterocycles. The lowest BCUT2D eigenvalue weighted by Crippen LogP contribution is -2.48. The number of carbonyl (C=O) groups excluding carboxylic acids is 2. The molecule has 1 atom stereocenters. The van der Waals surface area contributed by atoms with Gasteiger partial charge in [-0.1, -0.05) is 31.2 Å². The molecule has 0 unspecified atom stereocenters. The van der Waals surface area contributed by atoms with Crippen LogP contribution in [0.3, 0.4) is 0 Å². The molecular formula is C21H32ClN3O2. The molecule has 3 N–H and O–H groups in total. The summed E-state index contributed by atoms with van der Waals surface area (Å²) >= 11 is 0. The maximum Gasteiger partial charge on any atom is 0.237 e. The van der Waals surface area contributed by atoms with Crippen LogP contribution < -0.4 is 16.0 Å². The molecule has 0 bridgehead atoms. The van der Waals surface area contributed by atoms with Gasteiger partial charge in [-0.05, 0) is 55.6 Å². The Bertz CT molecular complexity index is 630. The maximum atomic E-state index is 12.5. The fraction of sp³-hybridized carbons (Fsp3) is 0.619. The molecule has 0 radical (unpaired) electrons. The third-order valence-corrected chi connectivity index (χ3v) is 5.73. The van der Waals surface area contributed by atoms with E-state index in [2.05, 4.69) is 35.0 Å². The van der Waals surface area contributed by atoms with Crippen molar-refractivity contribution in [3.63, 3.8) is 0 Å². The van der Waals surface area contributed by atoms with Gasteiger partial charge in [-0.25, -0.2) is 0 Å². The van der Waals surface area contributed by atoms with Gasteiger partial charge in [0.15, 0.2) is 0 Å². The maximum absolute atomic E-state index is 12.5. The summed E-state index contributed by atoms with van der Waals surface area (Å²) in [7, 11) is 0. The quantitative estimate of drug-likeness (QED) is 0.695. The number of hydrogen-bond acceptors (Lipinski definition) is 3. The van der Waals surface area contributed by atoms with Crippen LogP contribution >= 0.6 is 12.4 Å². The van der Waals surface area contributed by atoms with Gasteiger partial charge in [0, 0.05) is 25.6 Å². The predicted molar refractivity (Wildman–Crippen MR) is 110 cm³/mol. The van der Waals surface area contributed by atoms with E-state index >= 15 is 0 Å². The highest BCUT2D eigenvalue weighted by atomic mass is 35.5. The first-order valence-corrected chi connectivity index (χ1v) is 10.0. The van der Waals surface area contributed by atoms with E-state index in [4.69, 9.17) is 0 Å². The topological polar surface area (TPSA) is 70.2 Å². The number of nitrogens with one attached hydrogen (secondary N) is 3. The molecule has 6 heteroatoms. The Labute approximate surface area is 168 Å². The Morgan fingerprint density at radius 3 is 2.44 bits per heavy atom. The molecule has 1 aliphatic heterocycles. The Hall–Kier alpha value is -1.59. The summed E-state index contributed by atoms with van der Waals surface area (Å²) in [6.07, 6.45) is 5.65. The second-order valence-corrected chi connectivity index (χ2v) is 7.66. The molecule has 5 nitrogen and oxygen atoms in total. The first kappa shape index (κ1) is 21.7. The average molecular weight is 394 g/mol. The smallest absolute Gasteiger partial charge is 0.237 e. The summed E-state index contributed by atoms with van der Waals surface area (Å²) in [4.78, 5) is 24.6. The molecule has 3 rings (SSSR count). The van der Waals surface area contributed by atoms with Gasteiger partial charge in [0.2, 0.25) is 11.8 Å². The third kappa shape index (κ3) is 5.94.